The fraction of sp³-hybridized carbons (Fsp3) is 0.190. The summed E-state index contributed by atoms with van der Waals surface area (Å²) in [4.78, 5) is 12.6. The van der Waals surface area contributed by atoms with Gasteiger partial charge in [-0.1, -0.05) is 0 Å². The van der Waals surface area contributed by atoms with E-state index in [1.165, 1.54) is 0 Å². The number of aromatic nitrogens is 1. The normalized spacial score (nSPS) is 12.9. The highest BCUT2D eigenvalue weighted by molar-refractivity contribution is 6.04. The molecule has 1 N–H and O–H groups in total. The van der Waals surface area contributed by atoms with Gasteiger partial charge in [0, 0.05) is 36.1 Å². The molecule has 3 aromatic rings. The first kappa shape index (κ1) is 17.0. The number of carbonyl (C=O) groups is 1. The Morgan fingerprint density at radius 2 is 1.81 bits per heavy atom. The number of carbonyl (C=O) groups excluding carboxylic acids is 1. The Morgan fingerprint density at radius 3 is 2.59 bits per heavy atom. The molecule has 138 valence electrons. The zero-order chi connectivity index (χ0) is 18.6. The fourth-order valence-corrected chi connectivity index (χ4v) is 2.97. The van der Waals surface area contributed by atoms with E-state index < -0.39 is 0 Å². The number of benzene rings is 2. The number of methoxy groups -OCH3 is 1. The number of amides is 1. The molecule has 0 unspecified atom stereocenters. The molecular formula is C21H20N2O4. The molecule has 27 heavy (non-hydrogen) atoms. The SMILES string of the molecule is COc1cc(NC(=O)c2ccc3c(c2)OCCCO3)ccc1-n1cccc1. The van der Waals surface area contributed by atoms with Gasteiger partial charge in [-0.05, 0) is 42.5 Å². The van der Waals surface area contributed by atoms with Crippen LogP contribution in [-0.4, -0.2) is 30.8 Å². The summed E-state index contributed by atoms with van der Waals surface area (Å²) in [6.07, 6.45) is 4.70. The van der Waals surface area contributed by atoms with Gasteiger partial charge >= 0.3 is 0 Å². The lowest BCUT2D eigenvalue weighted by atomic mass is 10.1. The molecule has 2 aromatic carbocycles. The van der Waals surface area contributed by atoms with Gasteiger partial charge in [-0.2, -0.15) is 0 Å². The van der Waals surface area contributed by atoms with Gasteiger partial charge in [0.15, 0.2) is 11.5 Å². The first-order valence-corrected chi connectivity index (χ1v) is 8.77. The predicted molar refractivity (Wildman–Crippen MR) is 102 cm³/mol. The van der Waals surface area contributed by atoms with Crippen molar-refractivity contribution in [1.82, 2.24) is 4.57 Å². The molecule has 1 aromatic heterocycles. The zero-order valence-electron chi connectivity index (χ0n) is 15.0. The molecular weight excluding hydrogens is 344 g/mol. The van der Waals surface area contributed by atoms with Crippen molar-refractivity contribution in [3.05, 3.63) is 66.5 Å². The van der Waals surface area contributed by atoms with E-state index in [1.807, 2.05) is 41.2 Å². The van der Waals surface area contributed by atoms with Crippen LogP contribution in [0.15, 0.2) is 60.9 Å². The molecule has 0 bridgehead atoms. The van der Waals surface area contributed by atoms with E-state index in [-0.39, 0.29) is 5.91 Å². The Kier molecular flexibility index (Phi) is 4.70. The monoisotopic (exact) mass is 364 g/mol. The van der Waals surface area contributed by atoms with Crippen molar-refractivity contribution in [2.24, 2.45) is 0 Å². The molecule has 0 atom stereocenters. The smallest absolute Gasteiger partial charge is 0.255 e. The van der Waals surface area contributed by atoms with Crippen molar-refractivity contribution in [3.8, 4) is 22.9 Å². The molecule has 2 heterocycles. The maximum Gasteiger partial charge on any atom is 0.255 e. The van der Waals surface area contributed by atoms with E-state index in [0.717, 1.165) is 12.1 Å². The maximum absolute atomic E-state index is 12.6. The van der Waals surface area contributed by atoms with Gasteiger partial charge in [0.1, 0.15) is 5.75 Å². The standard InChI is InChI=1S/C21H20N2O4/c1-25-19-14-16(6-7-17(19)23-9-2-3-10-23)22-21(24)15-5-8-18-20(13-15)27-12-4-11-26-18/h2-3,5-10,13-14H,4,11-12H2,1H3,(H,22,24). The number of hydrogen-bond donors (Lipinski definition) is 1. The Morgan fingerprint density at radius 1 is 1.04 bits per heavy atom. The minimum atomic E-state index is -0.221. The van der Waals surface area contributed by atoms with E-state index in [9.17, 15) is 4.79 Å². The lowest BCUT2D eigenvalue weighted by molar-refractivity contribution is 0.102. The molecule has 4 rings (SSSR count). The first-order valence-electron chi connectivity index (χ1n) is 8.77. The number of anilines is 1. The third kappa shape index (κ3) is 3.60. The Hall–Kier alpha value is -3.41. The van der Waals surface area contributed by atoms with E-state index >= 15 is 0 Å². The summed E-state index contributed by atoms with van der Waals surface area (Å²) in [5.41, 5.74) is 2.06. The van der Waals surface area contributed by atoms with Crippen molar-refractivity contribution in [3.63, 3.8) is 0 Å². The lowest BCUT2D eigenvalue weighted by Crippen LogP contribution is -2.12. The minimum Gasteiger partial charge on any atom is -0.494 e. The summed E-state index contributed by atoms with van der Waals surface area (Å²) in [5, 5.41) is 2.90. The number of hydrogen-bond acceptors (Lipinski definition) is 4. The van der Waals surface area contributed by atoms with E-state index in [0.29, 0.717) is 41.7 Å². The second kappa shape index (κ2) is 7.45. The van der Waals surface area contributed by atoms with Crippen molar-refractivity contribution in [2.75, 3.05) is 25.6 Å². The zero-order valence-corrected chi connectivity index (χ0v) is 15.0. The number of fused-ring (bicyclic) bond motifs is 1. The van der Waals surface area contributed by atoms with Gasteiger partial charge < -0.3 is 24.1 Å². The highest BCUT2D eigenvalue weighted by Crippen LogP contribution is 2.31. The van der Waals surface area contributed by atoms with Crippen LogP contribution in [0.25, 0.3) is 5.69 Å². The second-order valence-corrected chi connectivity index (χ2v) is 6.14. The van der Waals surface area contributed by atoms with E-state index in [2.05, 4.69) is 5.32 Å². The molecule has 0 radical (unpaired) electrons. The van der Waals surface area contributed by atoms with Crippen molar-refractivity contribution in [2.45, 2.75) is 6.42 Å². The summed E-state index contributed by atoms with van der Waals surface area (Å²) in [5.74, 6) is 1.71. The van der Waals surface area contributed by atoms with Crippen LogP contribution < -0.4 is 19.5 Å². The molecule has 0 aliphatic carbocycles. The number of nitrogens with zero attached hydrogens (tertiary/aromatic N) is 1. The van der Waals surface area contributed by atoms with Crippen LogP contribution in [0.4, 0.5) is 5.69 Å². The molecule has 1 aliphatic rings. The van der Waals surface area contributed by atoms with Crippen molar-refractivity contribution in [1.29, 1.82) is 0 Å². The summed E-state index contributed by atoms with van der Waals surface area (Å²) in [6.45, 7) is 1.20. The molecule has 6 nitrogen and oxygen atoms in total. The highest BCUT2D eigenvalue weighted by atomic mass is 16.5. The van der Waals surface area contributed by atoms with Gasteiger partial charge in [0.25, 0.3) is 5.91 Å². The Bertz CT molecular complexity index is 951. The number of rotatable bonds is 4. The molecule has 0 saturated carbocycles. The molecule has 0 spiro atoms. The number of ether oxygens (including phenoxy) is 3. The van der Waals surface area contributed by atoms with Crippen LogP contribution in [0.2, 0.25) is 0 Å². The number of nitrogens with one attached hydrogen (secondary N) is 1. The minimum absolute atomic E-state index is 0.221. The quantitative estimate of drug-likeness (QED) is 0.763. The summed E-state index contributed by atoms with van der Waals surface area (Å²) in [6, 6.07) is 14.6. The molecule has 6 heteroatoms. The van der Waals surface area contributed by atoms with Crippen molar-refractivity contribution >= 4 is 11.6 Å². The lowest BCUT2D eigenvalue weighted by Gasteiger charge is -2.13. The summed E-state index contributed by atoms with van der Waals surface area (Å²) in [7, 11) is 1.61. The van der Waals surface area contributed by atoms with E-state index in [4.69, 9.17) is 14.2 Å². The largest absolute Gasteiger partial charge is 0.494 e. The molecule has 0 saturated heterocycles. The van der Waals surface area contributed by atoms with Crippen LogP contribution in [0.1, 0.15) is 16.8 Å². The first-order chi connectivity index (χ1) is 13.2. The van der Waals surface area contributed by atoms with Crippen LogP contribution in [0.3, 0.4) is 0 Å². The van der Waals surface area contributed by atoms with Gasteiger partial charge in [0.05, 0.1) is 26.0 Å². The van der Waals surface area contributed by atoms with Crippen molar-refractivity contribution < 1.29 is 19.0 Å². The highest BCUT2D eigenvalue weighted by Gasteiger charge is 2.15. The van der Waals surface area contributed by atoms with Crippen LogP contribution in [0.5, 0.6) is 17.2 Å². The Labute approximate surface area is 157 Å². The molecule has 1 amide bonds. The Balaban J connectivity index is 1.55. The topological polar surface area (TPSA) is 61.7 Å². The average Bonchev–Trinajstić information content (AvgIpc) is 3.12. The third-order valence-electron chi connectivity index (χ3n) is 4.33. The molecule has 1 aliphatic heterocycles. The van der Waals surface area contributed by atoms with E-state index in [1.54, 1.807) is 31.4 Å². The summed E-state index contributed by atoms with van der Waals surface area (Å²) < 4.78 is 18.7. The summed E-state index contributed by atoms with van der Waals surface area (Å²) >= 11 is 0. The van der Waals surface area contributed by atoms with Gasteiger partial charge in [-0.25, -0.2) is 0 Å². The van der Waals surface area contributed by atoms with Gasteiger partial charge in [-0.3, -0.25) is 4.79 Å². The fourth-order valence-electron chi connectivity index (χ4n) is 2.97. The van der Waals surface area contributed by atoms with Gasteiger partial charge in [-0.15, -0.1) is 0 Å². The molecule has 0 fully saturated rings. The predicted octanol–water partition coefficient (Wildman–Crippen LogP) is 3.90. The average molecular weight is 364 g/mol. The van der Waals surface area contributed by atoms with Gasteiger partial charge in [0.2, 0.25) is 0 Å². The van der Waals surface area contributed by atoms with Crippen LogP contribution in [-0.2, 0) is 0 Å². The maximum atomic E-state index is 12.6. The van der Waals surface area contributed by atoms with Crippen LogP contribution >= 0.6 is 0 Å². The van der Waals surface area contributed by atoms with Crippen LogP contribution in [0, 0.1) is 0 Å². The second-order valence-electron chi connectivity index (χ2n) is 6.14. The third-order valence-corrected chi connectivity index (χ3v) is 4.33.